The minimum atomic E-state index is -0.230. The second-order valence-electron chi connectivity index (χ2n) is 9.72. The van der Waals surface area contributed by atoms with Crippen LogP contribution in [0, 0.1) is 0 Å². The maximum atomic E-state index is 10.3. The van der Waals surface area contributed by atoms with Crippen molar-refractivity contribution in [1.82, 2.24) is 9.13 Å². The predicted molar refractivity (Wildman–Crippen MR) is 121 cm³/mol. The van der Waals surface area contributed by atoms with Gasteiger partial charge in [0.25, 0.3) is 0 Å². The molecular formula is C26H36N4O2+2. The van der Waals surface area contributed by atoms with E-state index < -0.39 is 0 Å². The monoisotopic (exact) mass is 436 g/mol. The molecule has 0 radical (unpaired) electrons. The van der Waals surface area contributed by atoms with E-state index in [1.807, 2.05) is 0 Å². The zero-order valence-corrected chi connectivity index (χ0v) is 18.8. The Labute approximate surface area is 190 Å². The number of benzene rings is 1. The number of hydrogen-bond donors (Lipinski definition) is 2. The third-order valence-electron chi connectivity index (χ3n) is 7.30. The first-order valence-electron chi connectivity index (χ1n) is 12.2. The number of aliphatic hydroxyl groups is 2. The number of aromatic nitrogens is 4. The minimum absolute atomic E-state index is 0.208. The molecule has 0 aliphatic heterocycles. The van der Waals surface area contributed by atoms with Crippen LogP contribution in [0.25, 0.3) is 0 Å². The zero-order valence-electron chi connectivity index (χ0n) is 18.8. The summed E-state index contributed by atoms with van der Waals surface area (Å²) in [5, 5.41) is 20.7. The maximum Gasteiger partial charge on any atom is 0.244 e. The Kier molecular flexibility index (Phi) is 6.42. The molecule has 6 nitrogen and oxygen atoms in total. The third-order valence-corrected chi connectivity index (χ3v) is 7.30. The van der Waals surface area contributed by atoms with E-state index in [-0.39, 0.29) is 24.3 Å². The Morgan fingerprint density at radius 2 is 1.19 bits per heavy atom. The number of nitrogens with zero attached hydrogens (tertiary/aromatic N) is 4. The van der Waals surface area contributed by atoms with Crippen LogP contribution in [0.3, 0.4) is 0 Å². The lowest BCUT2D eigenvalue weighted by molar-refractivity contribution is -0.689. The second kappa shape index (κ2) is 9.59. The van der Waals surface area contributed by atoms with Crippen LogP contribution in [0.1, 0.15) is 74.6 Å². The third kappa shape index (κ3) is 4.81. The van der Waals surface area contributed by atoms with Gasteiger partial charge in [0.1, 0.15) is 50.0 Å². The van der Waals surface area contributed by atoms with Gasteiger partial charge in [-0.25, -0.2) is 18.3 Å². The predicted octanol–water partition coefficient (Wildman–Crippen LogP) is 2.91. The van der Waals surface area contributed by atoms with E-state index in [4.69, 9.17) is 0 Å². The molecule has 2 aliphatic rings. The van der Waals surface area contributed by atoms with Gasteiger partial charge in [-0.05, 0) is 55.7 Å². The molecule has 2 fully saturated rings. The molecule has 5 rings (SSSR count). The molecule has 0 unspecified atom stereocenters. The molecule has 6 heteroatoms. The SMILES string of the molecule is O[C@H]1CCCC[C@@H]1n1cc[n+](Cc2cccc(C[n+]3ccn([C@H]4CCCC[C@@H]4O)c3)c2)c1. The van der Waals surface area contributed by atoms with E-state index in [2.05, 4.69) is 80.0 Å². The molecule has 0 saturated heterocycles. The first-order chi connectivity index (χ1) is 15.7. The van der Waals surface area contributed by atoms with Crippen molar-refractivity contribution in [1.29, 1.82) is 0 Å². The zero-order chi connectivity index (χ0) is 21.9. The van der Waals surface area contributed by atoms with Crippen LogP contribution in [-0.4, -0.2) is 31.6 Å². The van der Waals surface area contributed by atoms with Crippen molar-refractivity contribution in [3.05, 3.63) is 72.8 Å². The van der Waals surface area contributed by atoms with Crippen LogP contribution in [-0.2, 0) is 13.1 Å². The molecule has 2 N–H and O–H groups in total. The van der Waals surface area contributed by atoms with E-state index in [0.29, 0.717) is 0 Å². The van der Waals surface area contributed by atoms with E-state index in [0.717, 1.165) is 51.6 Å². The highest BCUT2D eigenvalue weighted by Gasteiger charge is 2.29. The second-order valence-corrected chi connectivity index (χ2v) is 9.72. The summed E-state index contributed by atoms with van der Waals surface area (Å²) in [4.78, 5) is 0. The van der Waals surface area contributed by atoms with Gasteiger partial charge in [-0.15, -0.1) is 0 Å². The summed E-state index contributed by atoms with van der Waals surface area (Å²) >= 11 is 0. The average Bonchev–Trinajstić information content (AvgIpc) is 3.45. The Bertz CT molecular complexity index is 949. The van der Waals surface area contributed by atoms with Crippen LogP contribution in [0.2, 0.25) is 0 Å². The van der Waals surface area contributed by atoms with Crippen molar-refractivity contribution in [3.8, 4) is 0 Å². The molecule has 1 aromatic carbocycles. The van der Waals surface area contributed by atoms with Gasteiger partial charge in [0.15, 0.2) is 0 Å². The molecule has 4 atom stereocenters. The molecule has 2 aromatic heterocycles. The van der Waals surface area contributed by atoms with Gasteiger partial charge in [-0.1, -0.05) is 31.0 Å². The fourth-order valence-electron chi connectivity index (χ4n) is 5.53. The van der Waals surface area contributed by atoms with Crippen LogP contribution < -0.4 is 9.13 Å². The van der Waals surface area contributed by atoms with Crippen molar-refractivity contribution >= 4 is 0 Å². The van der Waals surface area contributed by atoms with Crippen molar-refractivity contribution < 1.29 is 19.3 Å². The van der Waals surface area contributed by atoms with Crippen molar-refractivity contribution in [2.45, 2.75) is 88.7 Å². The molecule has 2 heterocycles. The molecular weight excluding hydrogens is 400 g/mol. The lowest BCUT2D eigenvalue weighted by atomic mass is 9.92. The number of imidazole rings is 2. The van der Waals surface area contributed by atoms with Crippen molar-refractivity contribution in [2.24, 2.45) is 0 Å². The molecule has 0 amide bonds. The van der Waals surface area contributed by atoms with Gasteiger partial charge in [0.05, 0.1) is 12.2 Å². The quantitative estimate of drug-likeness (QED) is 0.584. The molecule has 170 valence electrons. The van der Waals surface area contributed by atoms with Crippen LogP contribution in [0.5, 0.6) is 0 Å². The smallest absolute Gasteiger partial charge is 0.244 e. The van der Waals surface area contributed by atoms with Crippen LogP contribution >= 0.6 is 0 Å². The van der Waals surface area contributed by atoms with Gasteiger partial charge >= 0.3 is 0 Å². The van der Waals surface area contributed by atoms with Gasteiger partial charge in [0.2, 0.25) is 12.7 Å². The number of aliphatic hydroxyl groups excluding tert-OH is 2. The minimum Gasteiger partial charge on any atom is -0.389 e. The summed E-state index contributed by atoms with van der Waals surface area (Å²) in [6.07, 6.45) is 20.8. The van der Waals surface area contributed by atoms with Gasteiger partial charge in [-0.3, -0.25) is 0 Å². The standard InChI is InChI=1S/C26H36N4O2/c31-25-10-3-1-8-23(25)29-14-12-27(19-29)17-21-6-5-7-22(16-21)18-28-13-15-30(20-28)24-9-2-4-11-26(24)32/h5-7,12-16,19-20,23-26,31-32H,1-4,8-11,17-18H2/q+2/t23-,24-,25-,26-/m0/s1. The molecule has 2 aliphatic carbocycles. The first-order valence-corrected chi connectivity index (χ1v) is 12.2. The summed E-state index contributed by atoms with van der Waals surface area (Å²) in [6.45, 7) is 1.65. The lowest BCUT2D eigenvalue weighted by Gasteiger charge is -2.24. The Morgan fingerprint density at radius 3 is 1.66 bits per heavy atom. The van der Waals surface area contributed by atoms with Gasteiger partial charge in [-0.2, -0.15) is 0 Å². The lowest BCUT2D eigenvalue weighted by Crippen LogP contribution is -2.34. The highest BCUT2D eigenvalue weighted by Crippen LogP contribution is 2.29. The van der Waals surface area contributed by atoms with Crippen molar-refractivity contribution in [2.75, 3.05) is 0 Å². The fraction of sp³-hybridized carbons (Fsp3) is 0.538. The maximum absolute atomic E-state index is 10.3. The van der Waals surface area contributed by atoms with Crippen LogP contribution in [0.4, 0.5) is 0 Å². The molecule has 32 heavy (non-hydrogen) atoms. The summed E-state index contributed by atoms with van der Waals surface area (Å²) < 4.78 is 8.78. The first kappa shape index (κ1) is 21.4. The van der Waals surface area contributed by atoms with Crippen LogP contribution in [0.15, 0.2) is 61.7 Å². The highest BCUT2D eigenvalue weighted by molar-refractivity contribution is 5.22. The summed E-state index contributed by atoms with van der Waals surface area (Å²) in [5.74, 6) is 0. The molecule has 3 aromatic rings. The van der Waals surface area contributed by atoms with Gasteiger partial charge < -0.3 is 10.2 Å². The topological polar surface area (TPSA) is 58.1 Å². The fourth-order valence-corrected chi connectivity index (χ4v) is 5.53. The average molecular weight is 437 g/mol. The van der Waals surface area contributed by atoms with E-state index in [9.17, 15) is 10.2 Å². The Morgan fingerprint density at radius 1 is 0.719 bits per heavy atom. The number of hydrogen-bond acceptors (Lipinski definition) is 2. The number of rotatable bonds is 6. The molecule has 0 bridgehead atoms. The largest absolute Gasteiger partial charge is 0.389 e. The summed E-state index contributed by atoms with van der Waals surface area (Å²) in [5.41, 5.74) is 2.55. The normalized spacial score (nSPS) is 26.3. The van der Waals surface area contributed by atoms with E-state index in [1.165, 1.54) is 24.0 Å². The van der Waals surface area contributed by atoms with E-state index in [1.54, 1.807) is 0 Å². The summed E-state index contributed by atoms with van der Waals surface area (Å²) in [7, 11) is 0. The Hall–Kier alpha value is -2.44. The van der Waals surface area contributed by atoms with Crippen molar-refractivity contribution in [3.63, 3.8) is 0 Å². The van der Waals surface area contributed by atoms with Gasteiger partial charge in [0, 0.05) is 0 Å². The molecule has 2 saturated carbocycles. The Balaban J connectivity index is 1.24. The highest BCUT2D eigenvalue weighted by atomic mass is 16.3. The van der Waals surface area contributed by atoms with E-state index >= 15 is 0 Å². The molecule has 0 spiro atoms. The summed E-state index contributed by atoms with van der Waals surface area (Å²) in [6, 6.07) is 9.18.